The summed E-state index contributed by atoms with van der Waals surface area (Å²) < 4.78 is 6.79. The number of halogens is 1. The topological polar surface area (TPSA) is 68.2 Å². The van der Waals surface area contributed by atoms with Crippen molar-refractivity contribution in [2.45, 2.75) is 0 Å². The van der Waals surface area contributed by atoms with Crippen molar-refractivity contribution in [3.63, 3.8) is 0 Å². The fourth-order valence-corrected chi connectivity index (χ4v) is 3.24. The second-order valence-electron chi connectivity index (χ2n) is 5.64. The maximum Gasteiger partial charge on any atom is 0.271 e. The highest BCUT2D eigenvalue weighted by atomic mass is 35.5. The summed E-state index contributed by atoms with van der Waals surface area (Å²) in [6, 6.07) is 15.7. The molecule has 27 heavy (non-hydrogen) atoms. The highest BCUT2D eigenvalue weighted by Gasteiger charge is 2.16. The van der Waals surface area contributed by atoms with Crippen LogP contribution in [0, 0.1) is 0 Å². The van der Waals surface area contributed by atoms with E-state index >= 15 is 0 Å². The lowest BCUT2D eigenvalue weighted by molar-refractivity contribution is 0.0948. The maximum absolute atomic E-state index is 12.5. The van der Waals surface area contributed by atoms with E-state index in [1.165, 1.54) is 0 Å². The number of carbonyl (C=O) groups excluding carboxylic acids is 1. The molecule has 3 rings (SSSR count). The molecule has 0 aliphatic carbocycles. The van der Waals surface area contributed by atoms with Crippen LogP contribution >= 0.6 is 23.7 Å². The van der Waals surface area contributed by atoms with E-state index in [2.05, 4.69) is 15.7 Å². The van der Waals surface area contributed by atoms with Crippen LogP contribution in [-0.4, -0.2) is 49.0 Å². The summed E-state index contributed by atoms with van der Waals surface area (Å²) >= 11 is 1.62. The molecular formula is C19H23ClN4O2S. The van der Waals surface area contributed by atoms with Crippen molar-refractivity contribution in [1.29, 1.82) is 0 Å². The number of para-hydroxylation sites is 1. The van der Waals surface area contributed by atoms with Crippen molar-refractivity contribution in [3.05, 3.63) is 59.6 Å². The summed E-state index contributed by atoms with van der Waals surface area (Å²) in [6.07, 6.45) is 0. The number of hydrogen-bond donors (Lipinski definition) is 2. The van der Waals surface area contributed by atoms with E-state index in [4.69, 9.17) is 4.74 Å². The van der Waals surface area contributed by atoms with Crippen LogP contribution in [0.25, 0.3) is 16.3 Å². The number of nitrogens with one attached hydrogen (secondary N) is 2. The molecule has 2 heterocycles. The van der Waals surface area contributed by atoms with Crippen molar-refractivity contribution >= 4 is 29.7 Å². The predicted molar refractivity (Wildman–Crippen MR) is 111 cm³/mol. The Morgan fingerprint density at radius 3 is 2.67 bits per heavy atom. The van der Waals surface area contributed by atoms with Gasteiger partial charge in [-0.2, -0.15) is 5.10 Å². The Morgan fingerprint density at radius 1 is 1.15 bits per heavy atom. The summed E-state index contributed by atoms with van der Waals surface area (Å²) in [5.74, 6) is -0.175. The van der Waals surface area contributed by atoms with Gasteiger partial charge in [0.15, 0.2) is 5.69 Å². The predicted octanol–water partition coefficient (Wildman–Crippen LogP) is 2.99. The zero-order chi connectivity index (χ0) is 18.2. The number of benzene rings is 1. The lowest BCUT2D eigenvalue weighted by Gasteiger charge is -2.06. The van der Waals surface area contributed by atoms with E-state index in [0.29, 0.717) is 25.4 Å². The highest BCUT2D eigenvalue weighted by molar-refractivity contribution is 7.13. The summed E-state index contributed by atoms with van der Waals surface area (Å²) in [4.78, 5) is 13.5. The van der Waals surface area contributed by atoms with Crippen molar-refractivity contribution in [2.75, 3.05) is 33.4 Å². The molecule has 2 aromatic heterocycles. The molecule has 0 spiro atoms. The van der Waals surface area contributed by atoms with Gasteiger partial charge in [-0.25, -0.2) is 4.68 Å². The maximum atomic E-state index is 12.5. The van der Waals surface area contributed by atoms with Gasteiger partial charge in [-0.15, -0.1) is 23.7 Å². The van der Waals surface area contributed by atoms with E-state index in [1.807, 2.05) is 58.6 Å². The number of rotatable bonds is 9. The van der Waals surface area contributed by atoms with Gasteiger partial charge in [0.1, 0.15) is 0 Å². The molecule has 8 heteroatoms. The van der Waals surface area contributed by atoms with Crippen LogP contribution in [0.15, 0.2) is 53.9 Å². The average Bonchev–Trinajstić information content (AvgIpc) is 3.34. The Bertz CT molecular complexity index is 822. The van der Waals surface area contributed by atoms with Gasteiger partial charge >= 0.3 is 0 Å². The number of carbonyl (C=O) groups is 1. The molecule has 144 valence electrons. The van der Waals surface area contributed by atoms with Gasteiger partial charge in [0.2, 0.25) is 0 Å². The third kappa shape index (κ3) is 5.64. The van der Waals surface area contributed by atoms with Crippen LogP contribution in [0.5, 0.6) is 0 Å². The lowest BCUT2D eigenvalue weighted by Crippen LogP contribution is -2.33. The molecule has 3 aromatic rings. The summed E-state index contributed by atoms with van der Waals surface area (Å²) in [5.41, 5.74) is 2.25. The lowest BCUT2D eigenvalue weighted by atomic mass is 10.2. The molecule has 2 N–H and O–H groups in total. The molecule has 1 aromatic carbocycles. The van der Waals surface area contributed by atoms with E-state index in [1.54, 1.807) is 18.4 Å². The number of methoxy groups -OCH3 is 1. The molecule has 0 saturated carbocycles. The van der Waals surface area contributed by atoms with Crippen LogP contribution in [0.2, 0.25) is 0 Å². The summed E-state index contributed by atoms with van der Waals surface area (Å²) in [6.45, 7) is 2.64. The first kappa shape index (κ1) is 21.1. The largest absolute Gasteiger partial charge is 0.383 e. The number of amides is 1. The monoisotopic (exact) mass is 406 g/mol. The molecule has 0 radical (unpaired) electrons. The molecule has 6 nitrogen and oxygen atoms in total. The Hall–Kier alpha value is -2.19. The van der Waals surface area contributed by atoms with Crippen molar-refractivity contribution < 1.29 is 9.53 Å². The normalized spacial score (nSPS) is 10.4. The number of aromatic nitrogens is 2. The zero-order valence-electron chi connectivity index (χ0n) is 15.1. The first-order valence-corrected chi connectivity index (χ1v) is 9.35. The fourth-order valence-electron chi connectivity index (χ4n) is 2.51. The van der Waals surface area contributed by atoms with E-state index in [0.717, 1.165) is 22.8 Å². The van der Waals surface area contributed by atoms with Crippen molar-refractivity contribution in [2.24, 2.45) is 0 Å². The SMILES string of the molecule is COCCNCCNC(=O)c1cc(-c2cccs2)n(-c2ccccc2)n1.Cl. The van der Waals surface area contributed by atoms with Gasteiger partial charge in [-0.05, 0) is 29.6 Å². The molecule has 1 amide bonds. The van der Waals surface area contributed by atoms with Crippen LogP contribution in [0.1, 0.15) is 10.5 Å². The Labute approximate surface area is 169 Å². The second kappa shape index (κ2) is 10.8. The summed E-state index contributed by atoms with van der Waals surface area (Å²) in [5, 5.41) is 12.6. The van der Waals surface area contributed by atoms with Crippen LogP contribution in [0.3, 0.4) is 0 Å². The minimum Gasteiger partial charge on any atom is -0.383 e. The van der Waals surface area contributed by atoms with Gasteiger partial charge in [-0.3, -0.25) is 4.79 Å². The number of hydrogen-bond acceptors (Lipinski definition) is 5. The van der Waals surface area contributed by atoms with E-state index in [-0.39, 0.29) is 18.3 Å². The average molecular weight is 407 g/mol. The molecule has 0 saturated heterocycles. The van der Waals surface area contributed by atoms with Gasteiger partial charge in [0, 0.05) is 26.7 Å². The van der Waals surface area contributed by atoms with Crippen LogP contribution < -0.4 is 10.6 Å². The van der Waals surface area contributed by atoms with Crippen LogP contribution in [0.4, 0.5) is 0 Å². The molecule has 0 unspecified atom stereocenters. The number of thiophene rings is 1. The zero-order valence-corrected chi connectivity index (χ0v) is 16.7. The van der Waals surface area contributed by atoms with E-state index in [9.17, 15) is 4.79 Å². The fraction of sp³-hybridized carbons (Fsp3) is 0.263. The van der Waals surface area contributed by atoms with Crippen molar-refractivity contribution in [1.82, 2.24) is 20.4 Å². The third-order valence-electron chi connectivity index (χ3n) is 3.79. The molecule has 0 aliphatic rings. The number of nitrogens with zero attached hydrogens (tertiary/aromatic N) is 2. The minimum atomic E-state index is -0.175. The quantitative estimate of drug-likeness (QED) is 0.536. The first-order valence-electron chi connectivity index (χ1n) is 8.47. The van der Waals surface area contributed by atoms with Gasteiger partial charge in [0.05, 0.1) is 22.9 Å². The van der Waals surface area contributed by atoms with Gasteiger partial charge in [-0.1, -0.05) is 24.3 Å². The molecular weight excluding hydrogens is 384 g/mol. The van der Waals surface area contributed by atoms with E-state index < -0.39 is 0 Å². The van der Waals surface area contributed by atoms with Gasteiger partial charge < -0.3 is 15.4 Å². The number of ether oxygens (including phenoxy) is 1. The molecule has 0 atom stereocenters. The Morgan fingerprint density at radius 2 is 1.96 bits per heavy atom. The Kier molecular flexibility index (Phi) is 8.47. The second-order valence-corrected chi connectivity index (χ2v) is 6.59. The van der Waals surface area contributed by atoms with Gasteiger partial charge in [0.25, 0.3) is 5.91 Å². The standard InChI is InChI=1S/C19H22N4O2S.ClH/c1-25-12-11-20-9-10-21-19(24)16-14-17(18-8-5-13-26-18)23(22-16)15-6-3-2-4-7-15;/h2-8,13-14,20H,9-12H2,1H3,(H,21,24);1H. The molecule has 0 aliphatic heterocycles. The molecule has 0 fully saturated rings. The van der Waals surface area contributed by atoms with Crippen molar-refractivity contribution in [3.8, 4) is 16.3 Å². The highest BCUT2D eigenvalue weighted by Crippen LogP contribution is 2.27. The third-order valence-corrected chi connectivity index (χ3v) is 4.68. The minimum absolute atomic E-state index is 0. The first-order chi connectivity index (χ1) is 12.8. The molecule has 0 bridgehead atoms. The van der Waals surface area contributed by atoms with Crippen LogP contribution in [-0.2, 0) is 4.74 Å². The Balaban J connectivity index is 0.00000261. The smallest absolute Gasteiger partial charge is 0.271 e. The summed E-state index contributed by atoms with van der Waals surface area (Å²) in [7, 11) is 1.66.